The van der Waals surface area contributed by atoms with Crippen molar-refractivity contribution in [3.63, 3.8) is 0 Å². The third kappa shape index (κ3) is 2.64. The van der Waals surface area contributed by atoms with Gasteiger partial charge in [-0.25, -0.2) is 4.79 Å². The molecule has 15 nitrogen and oxygen atoms in total. The fraction of sp³-hybridized carbons (Fsp3) is 0.0625. The minimum absolute atomic E-state index is 0.203. The van der Waals surface area contributed by atoms with Crippen LogP contribution in [-0.2, 0) is 0 Å². The maximum absolute atomic E-state index is 13.1. The summed E-state index contributed by atoms with van der Waals surface area (Å²) >= 11 is 0. The first kappa shape index (κ1) is 20.8. The van der Waals surface area contributed by atoms with Gasteiger partial charge in [0.2, 0.25) is 17.3 Å². The Morgan fingerprint density at radius 2 is 1.32 bits per heavy atom. The summed E-state index contributed by atoms with van der Waals surface area (Å²) in [5, 5.41) is 63.6. The topological polar surface area (TPSA) is 241 Å². The predicted molar refractivity (Wildman–Crippen MR) is 94.7 cm³/mol. The molecule has 1 aliphatic rings. The number of rotatable bonds is 4. The van der Waals surface area contributed by atoms with Crippen LogP contribution in [0.4, 0.5) is 17.1 Å². The van der Waals surface area contributed by atoms with Crippen molar-refractivity contribution in [2.24, 2.45) is 0 Å². The third-order valence-corrected chi connectivity index (χ3v) is 4.65. The van der Waals surface area contributed by atoms with E-state index in [1.807, 2.05) is 0 Å². The monoisotopic (exact) mass is 433 g/mol. The van der Waals surface area contributed by atoms with Crippen molar-refractivity contribution in [3.05, 3.63) is 69.8 Å². The lowest BCUT2D eigenvalue weighted by Gasteiger charge is -2.21. The van der Waals surface area contributed by atoms with Gasteiger partial charge in [-0.1, -0.05) is 0 Å². The van der Waals surface area contributed by atoms with E-state index in [0.717, 1.165) is 6.92 Å². The van der Waals surface area contributed by atoms with Gasteiger partial charge in [-0.05, 0) is 12.5 Å². The molecule has 0 radical (unpaired) electrons. The highest BCUT2D eigenvalue weighted by molar-refractivity contribution is 6.33. The van der Waals surface area contributed by atoms with E-state index < -0.39 is 94.2 Å². The van der Waals surface area contributed by atoms with Crippen LogP contribution in [0.25, 0.3) is 0 Å². The first-order valence-electron chi connectivity index (χ1n) is 7.88. The standard InChI is InChI=1S/C16H7N3O12/c1-3-6-9(11(19(30)31)15(23)7(3)16(24)25)14(22)8-4(17(26)27)2-5(18(28)29)12(20)10(8)13(6)21/h2,20,23H,1H3,(H,24,25). The van der Waals surface area contributed by atoms with Gasteiger partial charge in [0.1, 0.15) is 16.7 Å². The van der Waals surface area contributed by atoms with E-state index in [9.17, 15) is 60.0 Å². The smallest absolute Gasteiger partial charge is 0.340 e. The quantitative estimate of drug-likeness (QED) is 0.392. The Morgan fingerprint density at radius 1 is 0.806 bits per heavy atom. The zero-order chi connectivity index (χ0) is 23.5. The van der Waals surface area contributed by atoms with Crippen LogP contribution in [0.5, 0.6) is 11.5 Å². The predicted octanol–water partition coefficient (Wildman–Crippen LogP) is 1.60. The highest BCUT2D eigenvalue weighted by atomic mass is 16.6. The Balaban J connectivity index is 2.62. The highest BCUT2D eigenvalue weighted by Crippen LogP contribution is 2.48. The number of phenolic OH excluding ortho intramolecular Hbond substituents is 1. The lowest BCUT2D eigenvalue weighted by Crippen LogP contribution is -2.26. The van der Waals surface area contributed by atoms with Crippen molar-refractivity contribution in [2.45, 2.75) is 6.92 Å². The van der Waals surface area contributed by atoms with Crippen LogP contribution >= 0.6 is 0 Å². The van der Waals surface area contributed by atoms with E-state index in [2.05, 4.69) is 0 Å². The number of aromatic hydroxyl groups is 2. The number of carboxylic acids is 1. The molecule has 3 N–H and O–H groups in total. The average Bonchev–Trinajstić information content (AvgIpc) is 2.63. The molecule has 0 fully saturated rings. The van der Waals surface area contributed by atoms with Crippen LogP contribution in [0, 0.1) is 37.3 Å². The largest absolute Gasteiger partial charge is 0.502 e. The van der Waals surface area contributed by atoms with Crippen LogP contribution in [-0.4, -0.2) is 47.6 Å². The summed E-state index contributed by atoms with van der Waals surface area (Å²) in [6.07, 6.45) is 0. The number of benzene rings is 2. The first-order valence-corrected chi connectivity index (χ1v) is 7.88. The van der Waals surface area contributed by atoms with Gasteiger partial charge >= 0.3 is 17.3 Å². The van der Waals surface area contributed by atoms with Gasteiger partial charge in [-0.2, -0.15) is 0 Å². The second-order valence-electron chi connectivity index (χ2n) is 6.20. The summed E-state index contributed by atoms with van der Waals surface area (Å²) in [7, 11) is 0. The van der Waals surface area contributed by atoms with Crippen molar-refractivity contribution in [1.82, 2.24) is 0 Å². The van der Waals surface area contributed by atoms with Gasteiger partial charge in [0.15, 0.2) is 5.78 Å². The highest BCUT2D eigenvalue weighted by Gasteiger charge is 2.48. The summed E-state index contributed by atoms with van der Waals surface area (Å²) in [6, 6.07) is 0.203. The van der Waals surface area contributed by atoms with E-state index in [1.54, 1.807) is 0 Å². The SMILES string of the molecule is Cc1c(C(=O)O)c(O)c([N+](=O)[O-])c2c1C(=O)c1c(O)c([N+](=O)[O-])cc([N+](=O)[O-])c1C2=O. The number of ketones is 2. The van der Waals surface area contributed by atoms with Crippen molar-refractivity contribution in [3.8, 4) is 11.5 Å². The van der Waals surface area contributed by atoms with Gasteiger partial charge < -0.3 is 15.3 Å². The minimum atomic E-state index is -1.90. The Morgan fingerprint density at radius 3 is 1.77 bits per heavy atom. The summed E-state index contributed by atoms with van der Waals surface area (Å²) in [6.45, 7) is 0.921. The zero-order valence-electron chi connectivity index (χ0n) is 14.9. The Bertz CT molecular complexity index is 1310. The number of fused-ring (bicyclic) bond motifs is 2. The number of hydrogen-bond acceptors (Lipinski definition) is 11. The maximum Gasteiger partial charge on any atom is 0.340 e. The van der Waals surface area contributed by atoms with E-state index in [0.29, 0.717) is 0 Å². The number of nitro benzene ring substituents is 3. The number of nitro groups is 3. The van der Waals surface area contributed by atoms with E-state index in [4.69, 9.17) is 0 Å². The van der Waals surface area contributed by atoms with Crippen molar-refractivity contribution < 1.29 is 44.5 Å². The fourth-order valence-corrected chi connectivity index (χ4v) is 3.42. The maximum atomic E-state index is 13.1. The third-order valence-electron chi connectivity index (χ3n) is 4.65. The number of aromatic carboxylic acids is 1. The zero-order valence-corrected chi connectivity index (χ0v) is 14.9. The lowest BCUT2D eigenvalue weighted by atomic mass is 9.78. The first-order chi connectivity index (χ1) is 14.3. The summed E-state index contributed by atoms with van der Waals surface area (Å²) < 4.78 is 0. The Hall–Kier alpha value is -4.95. The van der Waals surface area contributed by atoms with Crippen molar-refractivity contribution in [1.29, 1.82) is 0 Å². The van der Waals surface area contributed by atoms with Crippen molar-refractivity contribution in [2.75, 3.05) is 0 Å². The molecular formula is C16H7N3O12. The van der Waals surface area contributed by atoms with E-state index >= 15 is 0 Å². The van der Waals surface area contributed by atoms with Gasteiger partial charge in [0, 0.05) is 5.56 Å². The van der Waals surface area contributed by atoms with Crippen LogP contribution in [0.1, 0.15) is 47.8 Å². The van der Waals surface area contributed by atoms with Crippen molar-refractivity contribution >= 4 is 34.6 Å². The van der Waals surface area contributed by atoms with Crippen LogP contribution in [0.15, 0.2) is 6.07 Å². The number of phenols is 2. The van der Waals surface area contributed by atoms with E-state index in [1.165, 1.54) is 0 Å². The number of carbonyl (C=O) groups excluding carboxylic acids is 2. The molecule has 3 rings (SSSR count). The molecule has 1 aliphatic carbocycles. The molecule has 0 saturated carbocycles. The molecule has 0 aliphatic heterocycles. The second kappa shape index (κ2) is 6.55. The molecule has 0 amide bonds. The number of carboxylic acid groups (broad SMARTS) is 1. The van der Waals surface area contributed by atoms with Crippen LogP contribution in [0.3, 0.4) is 0 Å². The summed E-state index contributed by atoms with van der Waals surface area (Å²) in [5.41, 5.74) is -10.2. The molecule has 0 heterocycles. The molecule has 0 atom stereocenters. The Kier molecular flexibility index (Phi) is 4.39. The molecule has 0 spiro atoms. The second-order valence-corrected chi connectivity index (χ2v) is 6.20. The number of hydrogen-bond donors (Lipinski definition) is 3. The Labute approximate surface area is 168 Å². The molecule has 2 aromatic carbocycles. The molecule has 15 heteroatoms. The molecule has 0 bridgehead atoms. The lowest BCUT2D eigenvalue weighted by molar-refractivity contribution is -0.394. The van der Waals surface area contributed by atoms with Gasteiger partial charge in [-0.3, -0.25) is 39.9 Å². The molecule has 0 aromatic heterocycles. The van der Waals surface area contributed by atoms with Gasteiger partial charge in [-0.15, -0.1) is 0 Å². The summed E-state index contributed by atoms with van der Waals surface area (Å²) in [4.78, 5) is 67.7. The number of nitrogens with zero attached hydrogens (tertiary/aromatic N) is 3. The molecule has 31 heavy (non-hydrogen) atoms. The molecule has 0 unspecified atom stereocenters. The fourth-order valence-electron chi connectivity index (χ4n) is 3.42. The molecule has 0 saturated heterocycles. The summed E-state index contributed by atoms with van der Waals surface area (Å²) in [5.74, 6) is -7.87. The molecule has 2 aromatic rings. The normalized spacial score (nSPS) is 12.2. The molecular weight excluding hydrogens is 426 g/mol. The van der Waals surface area contributed by atoms with E-state index in [-0.39, 0.29) is 6.07 Å². The van der Waals surface area contributed by atoms with Crippen LogP contribution in [0.2, 0.25) is 0 Å². The van der Waals surface area contributed by atoms with Crippen LogP contribution < -0.4 is 0 Å². The van der Waals surface area contributed by atoms with Gasteiger partial charge in [0.25, 0.3) is 5.69 Å². The minimum Gasteiger partial charge on any atom is -0.502 e. The molecule has 158 valence electrons. The van der Waals surface area contributed by atoms with Gasteiger partial charge in [0.05, 0.1) is 26.4 Å². The number of carbonyl (C=O) groups is 3. The average molecular weight is 433 g/mol.